The van der Waals surface area contributed by atoms with Gasteiger partial charge in [0.2, 0.25) is 0 Å². The van der Waals surface area contributed by atoms with Crippen LogP contribution < -0.4 is 14.8 Å². The molecular weight excluding hydrogens is 504 g/mol. The van der Waals surface area contributed by atoms with E-state index in [1.165, 1.54) is 27.8 Å². The summed E-state index contributed by atoms with van der Waals surface area (Å²) in [5, 5.41) is 10.9. The van der Waals surface area contributed by atoms with E-state index in [9.17, 15) is 27.2 Å². The number of benzene rings is 1. The van der Waals surface area contributed by atoms with Crippen molar-refractivity contribution >= 4 is 23.2 Å². The molecule has 1 amide bonds. The molecule has 3 aromatic heterocycles. The minimum absolute atomic E-state index is 0.0340. The Kier molecular flexibility index (Phi) is 6.33. The van der Waals surface area contributed by atoms with Gasteiger partial charge in [-0.3, -0.25) is 9.48 Å². The Hall–Kier alpha value is -4.69. The fourth-order valence-corrected chi connectivity index (χ4v) is 3.81. The Labute approximate surface area is 204 Å². The van der Waals surface area contributed by atoms with E-state index in [4.69, 9.17) is 4.74 Å². The van der Waals surface area contributed by atoms with Crippen LogP contribution in [0.15, 0.2) is 49.1 Å². The number of nitrogens with one attached hydrogen (secondary N) is 1. The first-order chi connectivity index (χ1) is 17.8. The van der Waals surface area contributed by atoms with Crippen LogP contribution in [0.2, 0.25) is 0 Å². The van der Waals surface area contributed by atoms with E-state index in [0.717, 1.165) is 18.2 Å². The van der Waals surface area contributed by atoms with Gasteiger partial charge in [-0.2, -0.15) is 27.8 Å². The topological polar surface area (TPSA) is 122 Å². The number of cyclic esters (lactones) is 1. The minimum Gasteiger partial charge on any atom is -0.464 e. The number of carbonyl (C=O) groups is 2. The van der Waals surface area contributed by atoms with Gasteiger partial charge in [0.1, 0.15) is 22.8 Å². The van der Waals surface area contributed by atoms with Crippen molar-refractivity contribution in [3.63, 3.8) is 0 Å². The van der Waals surface area contributed by atoms with Crippen LogP contribution in [0, 0.1) is 0 Å². The molecule has 4 aromatic rings. The number of fused-ring (bicyclic) bond motifs is 1. The van der Waals surface area contributed by atoms with Crippen LogP contribution in [0.3, 0.4) is 0 Å². The Balaban J connectivity index is 1.60. The third-order valence-corrected chi connectivity index (χ3v) is 5.38. The molecule has 5 rings (SSSR count). The summed E-state index contributed by atoms with van der Waals surface area (Å²) in [4.78, 5) is 29.4. The van der Waals surface area contributed by atoms with Crippen molar-refractivity contribution in [2.75, 3.05) is 11.9 Å². The van der Waals surface area contributed by atoms with Crippen LogP contribution in [-0.4, -0.2) is 56.1 Å². The number of halogens is 4. The predicted octanol–water partition coefficient (Wildman–Crippen LogP) is 3.54. The number of hydrogen-bond donors (Lipinski definition) is 1. The average molecular weight is 520 g/mol. The minimum atomic E-state index is -3.25. The lowest BCUT2D eigenvalue weighted by Gasteiger charge is -2.13. The fourth-order valence-electron chi connectivity index (χ4n) is 3.81. The zero-order valence-corrected chi connectivity index (χ0v) is 18.6. The lowest BCUT2D eigenvalue weighted by atomic mass is 10.1. The van der Waals surface area contributed by atoms with Crippen molar-refractivity contribution in [2.45, 2.75) is 25.7 Å². The Morgan fingerprint density at radius 3 is 2.73 bits per heavy atom. The van der Waals surface area contributed by atoms with Gasteiger partial charge >= 0.3 is 19.2 Å². The second-order valence-electron chi connectivity index (χ2n) is 7.66. The van der Waals surface area contributed by atoms with Crippen LogP contribution in [0.5, 0.6) is 11.5 Å². The number of hydrogen-bond acceptors (Lipinski definition) is 8. The maximum Gasteiger partial charge on any atom is 0.387 e. The number of aromatic nitrogens is 5. The molecule has 1 aliphatic heterocycles. The second-order valence-corrected chi connectivity index (χ2v) is 7.66. The van der Waals surface area contributed by atoms with Crippen LogP contribution in [0.1, 0.15) is 22.8 Å². The molecule has 0 bridgehead atoms. The summed E-state index contributed by atoms with van der Waals surface area (Å²) in [5.74, 6) is -2.06. The number of carbonyl (C=O) groups excluding carboxylic acids is 2. The number of esters is 1. The number of alkyl halides is 4. The van der Waals surface area contributed by atoms with E-state index >= 15 is 0 Å². The summed E-state index contributed by atoms with van der Waals surface area (Å²) >= 11 is 0. The lowest BCUT2D eigenvalue weighted by Crippen LogP contribution is -2.15. The van der Waals surface area contributed by atoms with Crippen LogP contribution in [0.4, 0.5) is 23.2 Å². The van der Waals surface area contributed by atoms with Gasteiger partial charge in [-0.05, 0) is 24.3 Å². The Bertz CT molecular complexity index is 1470. The molecule has 37 heavy (non-hydrogen) atoms. The zero-order valence-electron chi connectivity index (χ0n) is 18.6. The molecule has 1 N–H and O–H groups in total. The molecule has 0 saturated carbocycles. The van der Waals surface area contributed by atoms with Crippen molar-refractivity contribution in [1.82, 2.24) is 24.4 Å². The first-order valence-corrected chi connectivity index (χ1v) is 10.7. The zero-order chi connectivity index (χ0) is 26.1. The molecule has 4 heterocycles. The maximum absolute atomic E-state index is 13.1. The smallest absolute Gasteiger partial charge is 0.387 e. The number of rotatable bonds is 8. The normalized spacial score (nSPS) is 15.4. The van der Waals surface area contributed by atoms with E-state index < -0.39 is 36.9 Å². The Morgan fingerprint density at radius 1 is 1.19 bits per heavy atom. The first kappa shape index (κ1) is 24.0. The summed E-state index contributed by atoms with van der Waals surface area (Å²) in [6.45, 7) is -6.32. The standard InChI is InChI=1S/C22H16F4N6O5/c23-21(24)36-11-2-3-16(37-22(25)26)12(8-11)17-14(10-32(30-17)15-4-7-35-20(15)34)29-19(33)13-9-28-31-6-1-5-27-18(13)31/h1-3,5-6,8-10,15,21-22H,4,7H2,(H,29,33)/t15-/m0/s1. The van der Waals surface area contributed by atoms with Gasteiger partial charge in [0, 0.05) is 18.8 Å². The molecule has 1 fully saturated rings. The van der Waals surface area contributed by atoms with Gasteiger partial charge in [-0.1, -0.05) is 0 Å². The molecule has 0 unspecified atom stereocenters. The monoisotopic (exact) mass is 520 g/mol. The summed E-state index contributed by atoms with van der Waals surface area (Å²) < 4.78 is 68.4. The molecule has 0 spiro atoms. The Morgan fingerprint density at radius 2 is 2.00 bits per heavy atom. The molecule has 1 aromatic carbocycles. The number of anilines is 1. The highest BCUT2D eigenvalue weighted by molar-refractivity contribution is 6.09. The van der Waals surface area contributed by atoms with Crippen molar-refractivity contribution in [3.8, 4) is 22.8 Å². The summed E-state index contributed by atoms with van der Waals surface area (Å²) in [7, 11) is 0. The van der Waals surface area contributed by atoms with Crippen LogP contribution in [0.25, 0.3) is 16.9 Å². The van der Waals surface area contributed by atoms with Crippen molar-refractivity contribution in [1.29, 1.82) is 0 Å². The molecule has 15 heteroatoms. The number of nitrogens with zero attached hydrogens (tertiary/aromatic N) is 5. The van der Waals surface area contributed by atoms with E-state index in [0.29, 0.717) is 0 Å². The molecule has 11 nitrogen and oxygen atoms in total. The van der Waals surface area contributed by atoms with E-state index in [1.807, 2.05) is 0 Å². The highest BCUT2D eigenvalue weighted by atomic mass is 19.3. The molecule has 0 aliphatic carbocycles. The van der Waals surface area contributed by atoms with E-state index in [2.05, 4.69) is 30.0 Å². The predicted molar refractivity (Wildman–Crippen MR) is 116 cm³/mol. The molecular formula is C22H16F4N6O5. The van der Waals surface area contributed by atoms with Gasteiger partial charge in [0.15, 0.2) is 11.7 Å². The fraction of sp³-hybridized carbons (Fsp3) is 0.227. The molecule has 192 valence electrons. The molecule has 0 radical (unpaired) electrons. The maximum atomic E-state index is 13.1. The molecule has 1 saturated heterocycles. The SMILES string of the molecule is O=C(Nc1cn([C@H]2CCOC2=O)nc1-c1cc(OC(F)F)ccc1OC(F)F)c1cnn2cccnc12. The van der Waals surface area contributed by atoms with Gasteiger partial charge in [-0.15, -0.1) is 0 Å². The van der Waals surface area contributed by atoms with Gasteiger partial charge < -0.3 is 19.5 Å². The van der Waals surface area contributed by atoms with Crippen LogP contribution >= 0.6 is 0 Å². The van der Waals surface area contributed by atoms with Crippen LogP contribution in [-0.2, 0) is 9.53 Å². The quantitative estimate of drug-likeness (QED) is 0.277. The third kappa shape index (κ3) is 4.87. The molecule has 1 aliphatic rings. The largest absolute Gasteiger partial charge is 0.464 e. The summed E-state index contributed by atoms with van der Waals surface area (Å²) in [6, 6.07) is 3.78. The summed E-state index contributed by atoms with van der Waals surface area (Å²) in [5.41, 5.74) is -0.0567. The van der Waals surface area contributed by atoms with Crippen molar-refractivity contribution in [3.05, 3.63) is 54.6 Å². The van der Waals surface area contributed by atoms with Crippen molar-refractivity contribution in [2.24, 2.45) is 0 Å². The third-order valence-electron chi connectivity index (χ3n) is 5.38. The summed E-state index contributed by atoms with van der Waals surface area (Å²) in [6.07, 6.45) is 5.89. The number of ether oxygens (including phenoxy) is 3. The highest BCUT2D eigenvalue weighted by Crippen LogP contribution is 2.39. The van der Waals surface area contributed by atoms with Gasteiger partial charge in [-0.25, -0.2) is 14.3 Å². The second kappa shape index (κ2) is 9.75. The van der Waals surface area contributed by atoms with Gasteiger partial charge in [0.25, 0.3) is 5.91 Å². The lowest BCUT2D eigenvalue weighted by molar-refractivity contribution is -0.140. The highest BCUT2D eigenvalue weighted by Gasteiger charge is 2.31. The molecule has 1 atom stereocenters. The average Bonchev–Trinajstić information content (AvgIpc) is 3.57. The number of amides is 1. The van der Waals surface area contributed by atoms with E-state index in [-0.39, 0.29) is 46.9 Å². The first-order valence-electron chi connectivity index (χ1n) is 10.7. The van der Waals surface area contributed by atoms with E-state index in [1.54, 1.807) is 12.3 Å². The van der Waals surface area contributed by atoms with Crippen molar-refractivity contribution < 1.29 is 41.4 Å². The van der Waals surface area contributed by atoms with Gasteiger partial charge in [0.05, 0.1) is 30.3 Å².